The van der Waals surface area contributed by atoms with Crippen molar-refractivity contribution in [3.8, 4) is 11.5 Å². The van der Waals surface area contributed by atoms with E-state index in [1.54, 1.807) is 0 Å². The average molecular weight is 455 g/mol. The summed E-state index contributed by atoms with van der Waals surface area (Å²) in [6.07, 6.45) is -0.211. The summed E-state index contributed by atoms with van der Waals surface area (Å²) >= 11 is 0. The Morgan fingerprint density at radius 2 is 1.47 bits per heavy atom. The van der Waals surface area contributed by atoms with Crippen molar-refractivity contribution in [1.29, 1.82) is 0 Å². The maximum Gasteiger partial charge on any atom is 0.302 e. The van der Waals surface area contributed by atoms with Crippen molar-refractivity contribution in [3.63, 3.8) is 0 Å². The molecule has 0 unspecified atom stereocenters. The van der Waals surface area contributed by atoms with Crippen LogP contribution in [0.3, 0.4) is 0 Å². The number of aliphatic hydroxyl groups is 1. The zero-order chi connectivity index (χ0) is 23.5. The van der Waals surface area contributed by atoms with Gasteiger partial charge in [-0.3, -0.25) is 4.79 Å². The Hall–Kier alpha value is -1.32. The molecule has 1 aromatic carbocycles. The highest BCUT2D eigenvalue weighted by Gasteiger charge is 2.41. The molecule has 0 amide bonds. The minimum Gasteiger partial charge on any atom is -0.543 e. The van der Waals surface area contributed by atoms with Gasteiger partial charge in [0, 0.05) is 19.4 Å². The first-order valence-corrected chi connectivity index (χ1v) is 16.5. The largest absolute Gasteiger partial charge is 0.543 e. The highest BCUT2D eigenvalue weighted by Crippen LogP contribution is 2.41. The second-order valence-electron chi connectivity index (χ2n) is 11.1. The van der Waals surface area contributed by atoms with Gasteiger partial charge in [0.15, 0.2) is 0 Å². The monoisotopic (exact) mass is 454 g/mol. The molecule has 5 nitrogen and oxygen atoms in total. The lowest BCUT2D eigenvalue weighted by atomic mass is 10.1. The molecule has 0 saturated carbocycles. The number of ether oxygens (including phenoxy) is 1. The minimum absolute atomic E-state index is 0.0346. The fourth-order valence-electron chi connectivity index (χ4n) is 2.36. The molecule has 30 heavy (non-hydrogen) atoms. The van der Waals surface area contributed by atoms with E-state index in [2.05, 4.69) is 67.7 Å². The standard InChI is InChI=1S/C23H42O5Si2/c1-17(25)26-20(16-24)14-18-12-13-19(27-29(8,9)22(2,3)4)15-21(18)28-30(10,11)23(5,6)7/h12-13,15,20,24H,14,16H2,1-11H3/t20-/m0/s1. The number of benzene rings is 1. The van der Waals surface area contributed by atoms with Crippen LogP contribution in [-0.2, 0) is 16.0 Å². The molecule has 1 N–H and O–H groups in total. The van der Waals surface area contributed by atoms with E-state index in [4.69, 9.17) is 13.6 Å². The maximum absolute atomic E-state index is 11.4. The van der Waals surface area contributed by atoms with E-state index in [0.717, 1.165) is 17.1 Å². The van der Waals surface area contributed by atoms with E-state index in [-0.39, 0.29) is 16.7 Å². The number of hydrogen-bond acceptors (Lipinski definition) is 5. The van der Waals surface area contributed by atoms with Crippen LogP contribution in [0.5, 0.6) is 11.5 Å². The Balaban J connectivity index is 3.35. The normalized spacial score (nSPS) is 14.3. The first-order valence-electron chi connectivity index (χ1n) is 10.7. The van der Waals surface area contributed by atoms with E-state index in [9.17, 15) is 9.90 Å². The van der Waals surface area contributed by atoms with Gasteiger partial charge < -0.3 is 18.7 Å². The molecule has 0 saturated heterocycles. The van der Waals surface area contributed by atoms with E-state index < -0.39 is 28.7 Å². The molecular weight excluding hydrogens is 412 g/mol. The predicted octanol–water partition coefficient (Wildman–Crippen LogP) is 5.92. The number of carbonyl (C=O) groups is 1. The van der Waals surface area contributed by atoms with Gasteiger partial charge in [0.1, 0.15) is 17.6 Å². The first kappa shape index (κ1) is 26.7. The van der Waals surface area contributed by atoms with E-state index in [0.29, 0.717) is 6.42 Å². The molecule has 0 spiro atoms. The first-order chi connectivity index (χ1) is 13.4. The molecular formula is C23H42O5Si2. The summed E-state index contributed by atoms with van der Waals surface area (Å²) in [6.45, 7) is 23.2. The Kier molecular flexibility index (Phi) is 8.41. The lowest BCUT2D eigenvalue weighted by molar-refractivity contribution is -0.148. The molecule has 0 fully saturated rings. The predicted molar refractivity (Wildman–Crippen MR) is 128 cm³/mol. The molecule has 0 bridgehead atoms. The molecule has 1 aromatic rings. The van der Waals surface area contributed by atoms with Gasteiger partial charge in [-0.2, -0.15) is 0 Å². The van der Waals surface area contributed by atoms with Crippen LogP contribution in [0.15, 0.2) is 18.2 Å². The second-order valence-corrected chi connectivity index (χ2v) is 20.6. The SMILES string of the molecule is CC(=O)O[C@H](CO)Cc1ccc(O[Si](C)(C)C(C)(C)C)cc1O[Si](C)(C)C(C)(C)C. The zero-order valence-electron chi connectivity index (χ0n) is 20.8. The molecule has 0 aliphatic heterocycles. The molecule has 0 aliphatic rings. The van der Waals surface area contributed by atoms with Crippen molar-refractivity contribution in [3.05, 3.63) is 23.8 Å². The van der Waals surface area contributed by atoms with Crippen molar-refractivity contribution >= 4 is 22.6 Å². The molecule has 0 radical (unpaired) electrons. The third-order valence-corrected chi connectivity index (χ3v) is 15.1. The summed E-state index contributed by atoms with van der Waals surface area (Å²) in [6, 6.07) is 5.89. The topological polar surface area (TPSA) is 65.0 Å². The number of aliphatic hydroxyl groups excluding tert-OH is 1. The van der Waals surface area contributed by atoms with Crippen LogP contribution in [-0.4, -0.2) is 40.4 Å². The minimum atomic E-state index is -2.10. The molecule has 7 heteroatoms. The summed E-state index contributed by atoms with van der Waals surface area (Å²) in [5.74, 6) is 1.15. The molecule has 1 atom stereocenters. The summed E-state index contributed by atoms with van der Waals surface area (Å²) in [5, 5.41) is 9.78. The van der Waals surface area contributed by atoms with Crippen LogP contribution in [0, 0.1) is 0 Å². The van der Waals surface area contributed by atoms with E-state index in [1.165, 1.54) is 6.92 Å². The van der Waals surface area contributed by atoms with Crippen LogP contribution in [0.4, 0.5) is 0 Å². The van der Waals surface area contributed by atoms with Crippen molar-refractivity contribution in [2.45, 2.75) is 97.3 Å². The Morgan fingerprint density at radius 3 is 1.90 bits per heavy atom. The fraction of sp³-hybridized carbons (Fsp3) is 0.696. The van der Waals surface area contributed by atoms with Gasteiger partial charge in [-0.25, -0.2) is 0 Å². The number of hydrogen-bond donors (Lipinski definition) is 1. The van der Waals surface area contributed by atoms with Gasteiger partial charge in [0.25, 0.3) is 0 Å². The highest BCUT2D eigenvalue weighted by atomic mass is 28.4. The Labute approximate surface area is 185 Å². The van der Waals surface area contributed by atoms with E-state index in [1.807, 2.05) is 18.2 Å². The van der Waals surface area contributed by atoms with Crippen molar-refractivity contribution in [1.82, 2.24) is 0 Å². The summed E-state index contributed by atoms with van der Waals surface area (Å²) < 4.78 is 18.4. The number of rotatable bonds is 8. The summed E-state index contributed by atoms with van der Waals surface area (Å²) in [7, 11) is -4.10. The third kappa shape index (κ3) is 7.13. The smallest absolute Gasteiger partial charge is 0.302 e. The zero-order valence-corrected chi connectivity index (χ0v) is 22.8. The van der Waals surface area contributed by atoms with Gasteiger partial charge in [-0.1, -0.05) is 47.6 Å². The molecule has 0 aliphatic carbocycles. The molecule has 0 heterocycles. The van der Waals surface area contributed by atoms with Crippen molar-refractivity contribution in [2.75, 3.05) is 6.61 Å². The average Bonchev–Trinajstić information content (AvgIpc) is 2.53. The Bertz CT molecular complexity index is 730. The summed E-state index contributed by atoms with van der Waals surface area (Å²) in [5.41, 5.74) is 0.905. The lowest BCUT2D eigenvalue weighted by Crippen LogP contribution is -2.44. The van der Waals surface area contributed by atoms with Crippen LogP contribution < -0.4 is 8.85 Å². The Morgan fingerprint density at radius 1 is 0.967 bits per heavy atom. The van der Waals surface area contributed by atoms with Gasteiger partial charge in [0.05, 0.1) is 6.61 Å². The van der Waals surface area contributed by atoms with Crippen molar-refractivity contribution < 1.29 is 23.5 Å². The maximum atomic E-state index is 11.4. The second kappa shape index (κ2) is 9.44. The number of carbonyl (C=O) groups excluding carboxylic acids is 1. The summed E-state index contributed by atoms with van der Waals surface area (Å²) in [4.78, 5) is 11.4. The highest BCUT2D eigenvalue weighted by molar-refractivity contribution is 6.75. The molecule has 1 rings (SSSR count). The third-order valence-electron chi connectivity index (χ3n) is 6.37. The number of esters is 1. The van der Waals surface area contributed by atoms with Gasteiger partial charge in [0.2, 0.25) is 16.6 Å². The van der Waals surface area contributed by atoms with Crippen LogP contribution in [0.1, 0.15) is 54.0 Å². The van der Waals surface area contributed by atoms with Crippen LogP contribution >= 0.6 is 0 Å². The lowest BCUT2D eigenvalue weighted by Gasteiger charge is -2.38. The van der Waals surface area contributed by atoms with Gasteiger partial charge in [-0.05, 0) is 47.9 Å². The quantitative estimate of drug-likeness (QED) is 0.390. The van der Waals surface area contributed by atoms with Gasteiger partial charge >= 0.3 is 5.97 Å². The molecule has 172 valence electrons. The van der Waals surface area contributed by atoms with Crippen LogP contribution in [0.2, 0.25) is 36.3 Å². The van der Waals surface area contributed by atoms with Gasteiger partial charge in [-0.15, -0.1) is 0 Å². The fourth-order valence-corrected chi connectivity index (χ4v) is 4.43. The molecule has 0 aromatic heterocycles. The van der Waals surface area contributed by atoms with Crippen LogP contribution in [0.25, 0.3) is 0 Å². The van der Waals surface area contributed by atoms with Crippen molar-refractivity contribution in [2.24, 2.45) is 0 Å². The van der Waals surface area contributed by atoms with E-state index >= 15 is 0 Å².